The van der Waals surface area contributed by atoms with Crippen LogP contribution in [-0.4, -0.2) is 30.7 Å². The van der Waals surface area contributed by atoms with Crippen molar-refractivity contribution in [2.45, 2.75) is 6.18 Å². The lowest BCUT2D eigenvalue weighted by molar-refractivity contribution is -0.137. The van der Waals surface area contributed by atoms with E-state index in [1.165, 1.54) is 6.20 Å². The first-order chi connectivity index (χ1) is 14.8. The van der Waals surface area contributed by atoms with Crippen molar-refractivity contribution in [3.05, 3.63) is 76.6 Å². The van der Waals surface area contributed by atoms with Crippen LogP contribution in [0, 0.1) is 11.8 Å². The molecule has 0 aliphatic rings. The number of aromatic nitrogens is 5. The Morgan fingerprint density at radius 1 is 0.935 bits per heavy atom. The van der Waals surface area contributed by atoms with E-state index in [-0.39, 0.29) is 5.56 Å². The van der Waals surface area contributed by atoms with Crippen molar-refractivity contribution in [1.29, 1.82) is 0 Å². The lowest BCUT2D eigenvalue weighted by Crippen LogP contribution is -2.07. The SMILES string of the molecule is Oc1ccc(C#Cc2ccc(-c3nnn[nH]3)cc2-c2ccc(Cl)nc2)c(C(F)(F)F)c1. The molecule has 0 aliphatic carbocycles. The Bertz CT molecular complexity index is 1290. The van der Waals surface area contributed by atoms with Gasteiger partial charge in [-0.25, -0.2) is 10.1 Å². The number of phenolic OH excluding ortho intramolecular Hbond substituents is 1. The maximum atomic E-state index is 13.3. The van der Waals surface area contributed by atoms with E-state index >= 15 is 0 Å². The van der Waals surface area contributed by atoms with E-state index in [4.69, 9.17) is 11.6 Å². The zero-order valence-electron chi connectivity index (χ0n) is 15.4. The van der Waals surface area contributed by atoms with Crippen molar-refractivity contribution in [3.63, 3.8) is 0 Å². The van der Waals surface area contributed by atoms with Crippen molar-refractivity contribution in [1.82, 2.24) is 25.6 Å². The second kappa shape index (κ2) is 8.08. The smallest absolute Gasteiger partial charge is 0.417 e. The van der Waals surface area contributed by atoms with Crippen LogP contribution in [0.1, 0.15) is 16.7 Å². The Morgan fingerprint density at radius 2 is 1.68 bits per heavy atom. The molecular weight excluding hydrogens is 431 g/mol. The number of hydrogen-bond donors (Lipinski definition) is 2. The van der Waals surface area contributed by atoms with Crippen molar-refractivity contribution < 1.29 is 18.3 Å². The van der Waals surface area contributed by atoms with Crippen LogP contribution >= 0.6 is 11.6 Å². The molecule has 2 N–H and O–H groups in total. The fraction of sp³-hybridized carbons (Fsp3) is 0.0476. The van der Waals surface area contributed by atoms with E-state index in [9.17, 15) is 18.3 Å². The molecule has 154 valence electrons. The van der Waals surface area contributed by atoms with Crippen LogP contribution in [0.2, 0.25) is 5.15 Å². The molecule has 0 unspecified atom stereocenters. The van der Waals surface area contributed by atoms with Gasteiger partial charge in [-0.15, -0.1) is 5.10 Å². The van der Waals surface area contributed by atoms with Crippen molar-refractivity contribution in [2.24, 2.45) is 0 Å². The molecule has 10 heteroatoms. The Morgan fingerprint density at radius 3 is 2.35 bits per heavy atom. The average molecular weight is 442 g/mol. The number of pyridine rings is 1. The summed E-state index contributed by atoms with van der Waals surface area (Å²) < 4.78 is 40.0. The monoisotopic (exact) mass is 441 g/mol. The molecule has 2 heterocycles. The molecule has 2 aromatic carbocycles. The predicted octanol–water partition coefficient (Wildman–Crippen LogP) is 4.71. The number of tetrazole rings is 1. The summed E-state index contributed by atoms with van der Waals surface area (Å²) in [5.41, 5.74) is 1.11. The van der Waals surface area contributed by atoms with E-state index in [2.05, 4.69) is 37.4 Å². The van der Waals surface area contributed by atoms with Gasteiger partial charge >= 0.3 is 6.18 Å². The van der Waals surface area contributed by atoms with Crippen LogP contribution in [0.15, 0.2) is 54.7 Å². The highest BCUT2D eigenvalue weighted by molar-refractivity contribution is 6.29. The van der Waals surface area contributed by atoms with Crippen molar-refractivity contribution >= 4 is 11.6 Å². The Kier molecular flexibility index (Phi) is 5.31. The molecule has 0 atom stereocenters. The van der Waals surface area contributed by atoms with Gasteiger partial charge in [0, 0.05) is 28.5 Å². The van der Waals surface area contributed by atoms with Gasteiger partial charge in [-0.05, 0) is 64.5 Å². The highest BCUT2D eigenvalue weighted by atomic mass is 35.5. The number of aromatic hydroxyl groups is 1. The minimum Gasteiger partial charge on any atom is -0.508 e. The number of rotatable bonds is 2. The van der Waals surface area contributed by atoms with Crippen molar-refractivity contribution in [2.75, 3.05) is 0 Å². The quantitative estimate of drug-likeness (QED) is 0.347. The predicted molar refractivity (Wildman–Crippen MR) is 107 cm³/mol. The molecule has 0 fully saturated rings. The van der Waals surface area contributed by atoms with Gasteiger partial charge in [0.25, 0.3) is 0 Å². The molecule has 2 aromatic heterocycles. The number of nitrogens with one attached hydrogen (secondary N) is 1. The van der Waals surface area contributed by atoms with Crippen LogP contribution in [0.4, 0.5) is 13.2 Å². The van der Waals surface area contributed by atoms with Gasteiger partial charge in [0.2, 0.25) is 0 Å². The van der Waals surface area contributed by atoms with Gasteiger partial charge in [0.05, 0.1) is 5.56 Å². The maximum absolute atomic E-state index is 13.3. The minimum atomic E-state index is -4.66. The Balaban J connectivity index is 1.84. The summed E-state index contributed by atoms with van der Waals surface area (Å²) in [7, 11) is 0. The van der Waals surface area contributed by atoms with Gasteiger partial charge in [0.1, 0.15) is 10.9 Å². The van der Waals surface area contributed by atoms with Crippen LogP contribution in [0.5, 0.6) is 5.75 Å². The Labute approximate surface area is 178 Å². The fourth-order valence-corrected chi connectivity index (χ4v) is 2.98. The molecule has 4 rings (SSSR count). The number of hydrogen-bond acceptors (Lipinski definition) is 5. The van der Waals surface area contributed by atoms with Crippen molar-refractivity contribution in [3.8, 4) is 40.1 Å². The molecular formula is C21H11ClF3N5O. The molecule has 31 heavy (non-hydrogen) atoms. The van der Waals surface area contributed by atoms with E-state index in [1.807, 2.05) is 0 Å². The van der Waals surface area contributed by atoms with Crippen LogP contribution in [0.25, 0.3) is 22.5 Å². The summed E-state index contributed by atoms with van der Waals surface area (Å²) in [6, 6.07) is 11.3. The van der Waals surface area contributed by atoms with Gasteiger partial charge in [0.15, 0.2) is 5.82 Å². The summed E-state index contributed by atoms with van der Waals surface area (Å²) in [6.07, 6.45) is -3.12. The third-order valence-electron chi connectivity index (χ3n) is 4.32. The fourth-order valence-electron chi connectivity index (χ4n) is 2.87. The molecule has 0 saturated heterocycles. The second-order valence-corrected chi connectivity index (χ2v) is 6.74. The summed E-state index contributed by atoms with van der Waals surface area (Å²) in [6.45, 7) is 0. The third kappa shape index (κ3) is 4.49. The normalized spacial score (nSPS) is 11.1. The van der Waals surface area contributed by atoms with E-state index in [0.29, 0.717) is 39.3 Å². The molecule has 0 spiro atoms. The second-order valence-electron chi connectivity index (χ2n) is 6.36. The molecule has 0 saturated carbocycles. The first-order valence-corrected chi connectivity index (χ1v) is 9.11. The van der Waals surface area contributed by atoms with Crippen LogP contribution in [-0.2, 0) is 6.18 Å². The summed E-state index contributed by atoms with van der Waals surface area (Å²) >= 11 is 5.87. The highest BCUT2D eigenvalue weighted by Gasteiger charge is 2.33. The van der Waals surface area contributed by atoms with Crippen LogP contribution in [0.3, 0.4) is 0 Å². The topological polar surface area (TPSA) is 87.6 Å². The standard InChI is InChI=1S/C21H11ClF3N5O/c22-19-8-6-15(11-26-19)17-9-14(20-27-29-30-28-20)4-2-12(17)1-3-13-5-7-16(31)10-18(13)21(23,24)25/h2,4-11,31H,(H,27,28,29,30). The lowest BCUT2D eigenvalue weighted by atomic mass is 9.97. The highest BCUT2D eigenvalue weighted by Crippen LogP contribution is 2.34. The maximum Gasteiger partial charge on any atom is 0.417 e. The first-order valence-electron chi connectivity index (χ1n) is 8.73. The third-order valence-corrected chi connectivity index (χ3v) is 4.54. The average Bonchev–Trinajstić information content (AvgIpc) is 3.28. The number of halogens is 4. The molecule has 6 nitrogen and oxygen atoms in total. The van der Waals surface area contributed by atoms with E-state index < -0.39 is 17.5 Å². The first kappa shape index (κ1) is 20.4. The number of nitrogens with zero attached hydrogens (tertiary/aromatic N) is 4. The number of phenols is 1. The summed E-state index contributed by atoms with van der Waals surface area (Å²) in [5.74, 6) is 5.28. The lowest BCUT2D eigenvalue weighted by Gasteiger charge is -2.10. The molecule has 4 aromatic rings. The summed E-state index contributed by atoms with van der Waals surface area (Å²) in [5, 5.41) is 23.3. The molecule has 0 amide bonds. The minimum absolute atomic E-state index is 0.256. The number of benzene rings is 2. The molecule has 0 aliphatic heterocycles. The zero-order chi connectivity index (χ0) is 22.0. The van der Waals surface area contributed by atoms with Gasteiger partial charge in [-0.3, -0.25) is 0 Å². The van der Waals surface area contributed by atoms with Gasteiger partial charge < -0.3 is 5.11 Å². The number of alkyl halides is 3. The van der Waals surface area contributed by atoms with E-state index in [1.54, 1.807) is 30.3 Å². The Hall–Kier alpha value is -3.90. The molecule has 0 radical (unpaired) electrons. The summed E-state index contributed by atoms with van der Waals surface area (Å²) in [4.78, 5) is 4.06. The zero-order valence-corrected chi connectivity index (χ0v) is 16.2. The van der Waals surface area contributed by atoms with E-state index in [0.717, 1.165) is 12.1 Å². The van der Waals surface area contributed by atoms with Gasteiger partial charge in [-0.1, -0.05) is 23.4 Å². The van der Waals surface area contributed by atoms with Crippen LogP contribution < -0.4 is 0 Å². The number of H-pyrrole nitrogens is 1. The number of aromatic amines is 1. The largest absolute Gasteiger partial charge is 0.508 e. The van der Waals surface area contributed by atoms with Gasteiger partial charge in [-0.2, -0.15) is 13.2 Å². The molecule has 0 bridgehead atoms.